The minimum absolute atomic E-state index is 0.145. The summed E-state index contributed by atoms with van der Waals surface area (Å²) in [5, 5.41) is 2.80. The zero-order valence-electron chi connectivity index (χ0n) is 22.0. The van der Waals surface area contributed by atoms with Crippen molar-refractivity contribution in [1.82, 2.24) is 0 Å². The molecule has 0 amide bonds. The molecule has 0 aliphatic heterocycles. The van der Waals surface area contributed by atoms with E-state index in [1.54, 1.807) is 11.1 Å². The van der Waals surface area contributed by atoms with Crippen LogP contribution in [0, 0.1) is 23.7 Å². The number of hydrogen-bond acceptors (Lipinski definition) is 0. The van der Waals surface area contributed by atoms with Gasteiger partial charge in [0.25, 0.3) is 0 Å². The van der Waals surface area contributed by atoms with E-state index < -0.39 is 0 Å². The molecule has 0 nitrogen and oxygen atoms in total. The van der Waals surface area contributed by atoms with Crippen LogP contribution < -0.4 is 0 Å². The molecule has 5 aliphatic rings. The van der Waals surface area contributed by atoms with Crippen LogP contribution in [0.3, 0.4) is 0 Å². The Morgan fingerprint density at radius 2 is 1.26 bits per heavy atom. The number of fused-ring (bicyclic) bond motifs is 5. The highest BCUT2D eigenvalue weighted by molar-refractivity contribution is 9.10. The average Bonchev–Trinajstić information content (AvgIpc) is 3.27. The van der Waals surface area contributed by atoms with Gasteiger partial charge in [0.2, 0.25) is 0 Å². The molecule has 190 valence electrons. The van der Waals surface area contributed by atoms with Crippen LogP contribution >= 0.6 is 15.9 Å². The van der Waals surface area contributed by atoms with E-state index in [0.29, 0.717) is 0 Å². The molecule has 0 radical (unpaired) electrons. The molecule has 0 saturated heterocycles. The Kier molecular flexibility index (Phi) is 4.75. The Balaban J connectivity index is 1.33. The first kappa shape index (κ1) is 22.6. The summed E-state index contributed by atoms with van der Waals surface area (Å²) in [6.45, 7) is 0. The van der Waals surface area contributed by atoms with E-state index in [1.165, 1.54) is 76.3 Å². The standard InChI is InChI=1S/C38H31Br/c39-31-14-11-25(12-15-31)27-6-3-7-28(22-27)33-9-4-10-34-36-32-8-2-1-5-26(32)13-16-35(36)38(37(33)34)29-18-23-17-24(20-29)21-30(38)19-23/h1-16,22-24,29-30H,17-21H2. The first-order chi connectivity index (χ1) is 19.2. The third-order valence-corrected chi connectivity index (χ3v) is 11.4. The van der Waals surface area contributed by atoms with Crippen LogP contribution in [0.4, 0.5) is 0 Å². The van der Waals surface area contributed by atoms with Crippen molar-refractivity contribution in [2.24, 2.45) is 23.7 Å². The highest BCUT2D eigenvalue weighted by atomic mass is 79.9. The summed E-state index contributed by atoms with van der Waals surface area (Å²) >= 11 is 3.61. The van der Waals surface area contributed by atoms with Gasteiger partial charge in [0.05, 0.1) is 0 Å². The summed E-state index contributed by atoms with van der Waals surface area (Å²) in [5.74, 6) is 3.40. The maximum Gasteiger partial charge on any atom is 0.0278 e. The van der Waals surface area contributed by atoms with Gasteiger partial charge in [-0.05, 0) is 129 Å². The smallest absolute Gasteiger partial charge is 0.0278 e. The van der Waals surface area contributed by atoms with E-state index in [4.69, 9.17) is 0 Å². The van der Waals surface area contributed by atoms with E-state index in [1.807, 2.05) is 0 Å². The highest BCUT2D eigenvalue weighted by Crippen LogP contribution is 2.71. The number of hydrogen-bond donors (Lipinski definition) is 0. The van der Waals surface area contributed by atoms with Gasteiger partial charge in [0.1, 0.15) is 0 Å². The molecule has 0 unspecified atom stereocenters. The van der Waals surface area contributed by atoms with Gasteiger partial charge in [-0.2, -0.15) is 0 Å². The molecule has 4 saturated carbocycles. The second-order valence-electron chi connectivity index (χ2n) is 12.7. The summed E-state index contributed by atoms with van der Waals surface area (Å²) in [7, 11) is 0. The lowest BCUT2D eigenvalue weighted by atomic mass is 9.42. The van der Waals surface area contributed by atoms with Crippen molar-refractivity contribution >= 4 is 26.7 Å². The predicted molar refractivity (Wildman–Crippen MR) is 166 cm³/mol. The predicted octanol–water partition coefficient (Wildman–Crippen LogP) is 10.7. The Morgan fingerprint density at radius 3 is 2.05 bits per heavy atom. The lowest BCUT2D eigenvalue weighted by molar-refractivity contribution is -0.0397. The molecule has 5 aromatic rings. The molecule has 5 aliphatic carbocycles. The third-order valence-electron chi connectivity index (χ3n) is 10.9. The van der Waals surface area contributed by atoms with Crippen molar-refractivity contribution in [2.45, 2.75) is 37.5 Å². The minimum Gasteiger partial charge on any atom is -0.0616 e. The summed E-state index contributed by atoms with van der Waals surface area (Å²) in [6.07, 6.45) is 7.12. The molecule has 39 heavy (non-hydrogen) atoms. The molecule has 0 atom stereocenters. The molecule has 0 heterocycles. The summed E-state index contributed by atoms with van der Waals surface area (Å²) in [4.78, 5) is 0. The van der Waals surface area contributed by atoms with Gasteiger partial charge in [-0.3, -0.25) is 0 Å². The van der Waals surface area contributed by atoms with Gasteiger partial charge < -0.3 is 0 Å². The molecule has 0 N–H and O–H groups in total. The maximum absolute atomic E-state index is 3.61. The highest BCUT2D eigenvalue weighted by Gasteiger charge is 2.62. The number of benzene rings is 5. The minimum atomic E-state index is 0.145. The van der Waals surface area contributed by atoms with Gasteiger partial charge in [-0.1, -0.05) is 101 Å². The van der Waals surface area contributed by atoms with E-state index in [9.17, 15) is 0 Å². The molecule has 5 aromatic carbocycles. The van der Waals surface area contributed by atoms with Gasteiger partial charge in [0.15, 0.2) is 0 Å². The van der Waals surface area contributed by atoms with E-state index in [2.05, 4.69) is 119 Å². The van der Waals surface area contributed by atoms with Crippen LogP contribution in [0.2, 0.25) is 0 Å². The average molecular weight is 568 g/mol. The van der Waals surface area contributed by atoms with Crippen LogP contribution in [0.1, 0.15) is 43.2 Å². The number of rotatable bonds is 2. The van der Waals surface area contributed by atoms with Gasteiger partial charge >= 0.3 is 0 Å². The fraction of sp³-hybridized carbons (Fsp3) is 0.263. The first-order valence-corrected chi connectivity index (χ1v) is 15.5. The van der Waals surface area contributed by atoms with Gasteiger partial charge in [-0.15, -0.1) is 0 Å². The third kappa shape index (κ3) is 3.06. The van der Waals surface area contributed by atoms with E-state index >= 15 is 0 Å². The molecular formula is C38H31Br. The summed E-state index contributed by atoms with van der Waals surface area (Å²) < 4.78 is 1.12. The molecule has 4 bridgehead atoms. The molecule has 0 aromatic heterocycles. The van der Waals surface area contributed by atoms with Gasteiger partial charge in [-0.25, -0.2) is 0 Å². The van der Waals surface area contributed by atoms with Crippen molar-refractivity contribution in [3.8, 4) is 33.4 Å². The Hall–Kier alpha value is -3.16. The second kappa shape index (κ2) is 8.18. The van der Waals surface area contributed by atoms with Crippen LogP contribution in [-0.4, -0.2) is 0 Å². The molecule has 1 heteroatoms. The second-order valence-corrected chi connectivity index (χ2v) is 13.6. The van der Waals surface area contributed by atoms with Crippen molar-refractivity contribution < 1.29 is 0 Å². The molecule has 10 rings (SSSR count). The Morgan fingerprint density at radius 1 is 0.564 bits per heavy atom. The molecule has 4 fully saturated rings. The molecular weight excluding hydrogens is 536 g/mol. The topological polar surface area (TPSA) is 0 Å². The van der Waals surface area contributed by atoms with E-state index in [-0.39, 0.29) is 5.41 Å². The summed E-state index contributed by atoms with van der Waals surface area (Å²) in [5.41, 5.74) is 11.8. The normalized spacial score (nSPS) is 27.7. The lowest BCUT2D eigenvalue weighted by Crippen LogP contribution is -2.55. The van der Waals surface area contributed by atoms with Crippen LogP contribution in [0.15, 0.2) is 108 Å². The largest absolute Gasteiger partial charge is 0.0616 e. The monoisotopic (exact) mass is 566 g/mol. The molecule has 1 spiro atoms. The number of halogens is 1. The zero-order valence-corrected chi connectivity index (χ0v) is 23.6. The van der Waals surface area contributed by atoms with Crippen molar-refractivity contribution in [3.63, 3.8) is 0 Å². The summed E-state index contributed by atoms with van der Waals surface area (Å²) in [6, 6.07) is 39.3. The van der Waals surface area contributed by atoms with Crippen LogP contribution in [0.25, 0.3) is 44.2 Å². The quantitative estimate of drug-likeness (QED) is 0.199. The zero-order chi connectivity index (χ0) is 25.7. The van der Waals surface area contributed by atoms with Crippen molar-refractivity contribution in [1.29, 1.82) is 0 Å². The lowest BCUT2D eigenvalue weighted by Gasteiger charge is -2.61. The Bertz CT molecular complexity index is 1750. The first-order valence-electron chi connectivity index (χ1n) is 14.7. The van der Waals surface area contributed by atoms with Crippen LogP contribution in [-0.2, 0) is 5.41 Å². The Labute approximate surface area is 239 Å². The van der Waals surface area contributed by atoms with Crippen molar-refractivity contribution in [2.75, 3.05) is 0 Å². The van der Waals surface area contributed by atoms with E-state index in [0.717, 1.165) is 28.1 Å². The fourth-order valence-corrected chi connectivity index (χ4v) is 10.0. The SMILES string of the molecule is Brc1ccc(-c2cccc(-c3cccc4c3C3(c5ccc6ccccc6c5-4)C4CC5CC(C4)CC3C5)c2)cc1. The fourth-order valence-electron chi connectivity index (χ4n) is 9.77. The van der Waals surface area contributed by atoms with Crippen LogP contribution in [0.5, 0.6) is 0 Å². The van der Waals surface area contributed by atoms with Crippen molar-refractivity contribution in [3.05, 3.63) is 119 Å². The van der Waals surface area contributed by atoms with Gasteiger partial charge in [0, 0.05) is 9.89 Å². The maximum atomic E-state index is 3.61.